The van der Waals surface area contributed by atoms with Crippen molar-refractivity contribution in [2.24, 2.45) is 0 Å². The topological polar surface area (TPSA) is 123 Å². The van der Waals surface area contributed by atoms with Gasteiger partial charge < -0.3 is 24.2 Å². The van der Waals surface area contributed by atoms with Gasteiger partial charge in [-0.05, 0) is 30.2 Å². The number of aromatic nitrogens is 1. The summed E-state index contributed by atoms with van der Waals surface area (Å²) in [7, 11) is 0. The Morgan fingerprint density at radius 1 is 1.17 bits per heavy atom. The third kappa shape index (κ3) is 2.60. The number of fused-ring (bicyclic) bond motifs is 2. The van der Waals surface area contributed by atoms with Crippen molar-refractivity contribution in [3.8, 4) is 0 Å². The molecule has 7 nitrogen and oxygen atoms in total. The van der Waals surface area contributed by atoms with E-state index >= 15 is 0 Å². The number of benzene rings is 1. The van der Waals surface area contributed by atoms with Gasteiger partial charge in [-0.1, -0.05) is 13.0 Å². The summed E-state index contributed by atoms with van der Waals surface area (Å²) in [5.41, 5.74) is -0.0941. The molecule has 2 heterocycles. The van der Waals surface area contributed by atoms with Crippen molar-refractivity contribution in [2.75, 3.05) is 0 Å². The van der Waals surface area contributed by atoms with Crippen LogP contribution >= 0.6 is 0 Å². The molecule has 7 heteroatoms. The average molecular weight is 325 g/mol. The lowest BCUT2D eigenvalue weighted by Gasteiger charge is -2.11. The maximum Gasteiger partial charge on any atom is 0.230 e. The van der Waals surface area contributed by atoms with Crippen LogP contribution in [0.4, 0.5) is 0 Å². The van der Waals surface area contributed by atoms with Crippen LogP contribution in [0.3, 0.4) is 0 Å². The van der Waals surface area contributed by atoms with Crippen molar-refractivity contribution in [1.82, 2.24) is 4.98 Å². The molecule has 0 aliphatic carbocycles. The molecule has 0 saturated carbocycles. The van der Waals surface area contributed by atoms with Crippen LogP contribution in [0.25, 0.3) is 22.1 Å². The fourth-order valence-electron chi connectivity index (χ4n) is 2.53. The molecule has 0 spiro atoms. The summed E-state index contributed by atoms with van der Waals surface area (Å²) in [5.74, 6) is -3.12. The predicted octanol–water partition coefficient (Wildman–Crippen LogP) is -0.441. The van der Waals surface area contributed by atoms with Crippen LogP contribution in [0.5, 0.6) is 0 Å². The van der Waals surface area contributed by atoms with Crippen LogP contribution in [-0.4, -0.2) is 16.9 Å². The van der Waals surface area contributed by atoms with Crippen LogP contribution in [0.2, 0.25) is 0 Å². The second-order valence-electron chi connectivity index (χ2n) is 5.29. The number of nitrogens with zero attached hydrogens (tertiary/aromatic N) is 1. The van der Waals surface area contributed by atoms with E-state index in [-0.39, 0.29) is 22.4 Å². The average Bonchev–Trinajstić information content (AvgIpc) is 2.53. The Hall–Kier alpha value is -3.22. The minimum atomic E-state index is -1.62. The number of hydrogen-bond donors (Lipinski definition) is 0. The van der Waals surface area contributed by atoms with E-state index < -0.39 is 29.4 Å². The standard InChI is InChI=1S/C17H13NO6/c1-2-8-3-4-13-10(5-8)15(21)11-6-9(17(22)23)12(7-14(19)20)18-16(11)24-13/h3-6H,2,7H2,1H3,(H,19,20)(H,22,23)/p-2. The minimum absolute atomic E-state index is 0.0444. The lowest BCUT2D eigenvalue weighted by atomic mass is 10.1. The zero-order valence-corrected chi connectivity index (χ0v) is 12.6. The number of carbonyl (C=O) groups is 2. The third-order valence-electron chi connectivity index (χ3n) is 3.75. The van der Waals surface area contributed by atoms with Crippen LogP contribution in [0, 0.1) is 0 Å². The maximum atomic E-state index is 12.6. The molecule has 0 saturated heterocycles. The van der Waals surface area contributed by atoms with Crippen LogP contribution in [-0.2, 0) is 17.6 Å². The zero-order chi connectivity index (χ0) is 17.4. The minimum Gasteiger partial charge on any atom is -0.550 e. The summed E-state index contributed by atoms with van der Waals surface area (Å²) < 4.78 is 5.55. The first-order valence-electron chi connectivity index (χ1n) is 7.21. The van der Waals surface area contributed by atoms with Crippen molar-refractivity contribution < 1.29 is 24.2 Å². The Balaban J connectivity index is 2.38. The smallest absolute Gasteiger partial charge is 0.230 e. The van der Waals surface area contributed by atoms with E-state index in [4.69, 9.17) is 4.42 Å². The number of rotatable bonds is 4. The Morgan fingerprint density at radius 2 is 1.92 bits per heavy atom. The monoisotopic (exact) mass is 325 g/mol. The second-order valence-corrected chi connectivity index (χ2v) is 5.29. The lowest BCUT2D eigenvalue weighted by Crippen LogP contribution is -2.29. The van der Waals surface area contributed by atoms with Gasteiger partial charge in [-0.3, -0.25) is 4.79 Å². The fraction of sp³-hybridized carbons (Fsp3) is 0.176. The molecule has 0 radical (unpaired) electrons. The number of aryl methyl sites for hydroxylation is 1. The largest absolute Gasteiger partial charge is 0.550 e. The van der Waals surface area contributed by atoms with E-state index in [1.54, 1.807) is 18.2 Å². The molecule has 0 fully saturated rings. The molecule has 3 rings (SSSR count). The normalized spacial score (nSPS) is 11.0. The Morgan fingerprint density at radius 3 is 2.54 bits per heavy atom. The Bertz CT molecular complexity index is 1050. The summed E-state index contributed by atoms with van der Waals surface area (Å²) in [6, 6.07) is 6.14. The van der Waals surface area contributed by atoms with Crippen LogP contribution in [0.1, 0.15) is 28.5 Å². The number of pyridine rings is 1. The number of carboxylic acid groups (broad SMARTS) is 2. The van der Waals surface area contributed by atoms with Gasteiger partial charge in [-0.15, -0.1) is 0 Å². The number of carbonyl (C=O) groups excluding carboxylic acids is 2. The van der Waals surface area contributed by atoms with Crippen molar-refractivity contribution in [2.45, 2.75) is 19.8 Å². The third-order valence-corrected chi connectivity index (χ3v) is 3.75. The number of hydrogen-bond acceptors (Lipinski definition) is 7. The summed E-state index contributed by atoms with van der Waals surface area (Å²) >= 11 is 0. The quantitative estimate of drug-likeness (QED) is 0.596. The Kier molecular flexibility index (Phi) is 3.76. The predicted molar refractivity (Wildman–Crippen MR) is 80.2 cm³/mol. The molecule has 122 valence electrons. The van der Waals surface area contributed by atoms with E-state index in [0.717, 1.165) is 18.1 Å². The molecule has 1 aromatic carbocycles. The number of carboxylic acids is 2. The molecule has 0 amide bonds. The van der Waals surface area contributed by atoms with Gasteiger partial charge in [0.15, 0.2) is 0 Å². The highest BCUT2D eigenvalue weighted by molar-refractivity contribution is 5.95. The van der Waals surface area contributed by atoms with Crippen molar-refractivity contribution in [3.63, 3.8) is 0 Å². The van der Waals surface area contributed by atoms with Gasteiger partial charge in [-0.2, -0.15) is 0 Å². The van der Waals surface area contributed by atoms with E-state index in [1.807, 2.05) is 6.92 Å². The van der Waals surface area contributed by atoms with E-state index in [0.29, 0.717) is 5.39 Å². The van der Waals surface area contributed by atoms with Crippen molar-refractivity contribution in [3.05, 3.63) is 51.3 Å². The summed E-state index contributed by atoms with van der Waals surface area (Å²) in [6.45, 7) is 1.94. The molecule has 0 N–H and O–H groups in total. The molecule has 0 aliphatic heterocycles. The first-order chi connectivity index (χ1) is 11.4. The van der Waals surface area contributed by atoms with Gasteiger partial charge in [0, 0.05) is 18.0 Å². The first-order valence-corrected chi connectivity index (χ1v) is 7.21. The fourth-order valence-corrected chi connectivity index (χ4v) is 2.53. The van der Waals surface area contributed by atoms with Gasteiger partial charge in [0.2, 0.25) is 11.1 Å². The van der Waals surface area contributed by atoms with E-state index in [9.17, 15) is 24.6 Å². The second kappa shape index (κ2) is 5.77. The summed E-state index contributed by atoms with van der Waals surface area (Å²) in [6.07, 6.45) is -0.00368. The van der Waals surface area contributed by atoms with Gasteiger partial charge in [0.25, 0.3) is 0 Å². The van der Waals surface area contributed by atoms with Gasteiger partial charge >= 0.3 is 0 Å². The molecular formula is C17H11NO6-2. The Labute approximate surface area is 135 Å². The molecule has 24 heavy (non-hydrogen) atoms. The summed E-state index contributed by atoms with van der Waals surface area (Å²) in [5, 5.41) is 22.3. The highest BCUT2D eigenvalue weighted by Crippen LogP contribution is 2.21. The number of aromatic carboxylic acids is 1. The van der Waals surface area contributed by atoms with Gasteiger partial charge in [0.05, 0.1) is 22.4 Å². The first kappa shape index (κ1) is 15.7. The molecule has 3 aromatic rings. The van der Waals surface area contributed by atoms with Crippen LogP contribution in [0.15, 0.2) is 33.5 Å². The zero-order valence-electron chi connectivity index (χ0n) is 12.6. The number of aliphatic carboxylic acids is 1. The molecular weight excluding hydrogens is 314 g/mol. The highest BCUT2D eigenvalue weighted by atomic mass is 16.4. The van der Waals surface area contributed by atoms with Gasteiger partial charge in [0.1, 0.15) is 5.58 Å². The van der Waals surface area contributed by atoms with Crippen molar-refractivity contribution in [1.29, 1.82) is 0 Å². The lowest BCUT2D eigenvalue weighted by molar-refractivity contribution is -0.304. The summed E-state index contributed by atoms with van der Waals surface area (Å²) in [4.78, 5) is 38.5. The van der Waals surface area contributed by atoms with E-state index in [1.165, 1.54) is 0 Å². The highest BCUT2D eigenvalue weighted by Gasteiger charge is 2.14. The maximum absolute atomic E-state index is 12.6. The molecule has 2 aromatic heterocycles. The molecule has 0 bridgehead atoms. The molecule has 0 unspecified atom stereocenters. The van der Waals surface area contributed by atoms with Crippen molar-refractivity contribution >= 4 is 34.0 Å². The van der Waals surface area contributed by atoms with E-state index in [2.05, 4.69) is 4.98 Å². The molecule has 0 atom stereocenters. The SMILES string of the molecule is CCc1ccc2oc3nc(CC(=O)[O-])c(C(=O)[O-])cc3c(=O)c2c1. The van der Waals surface area contributed by atoms with Crippen LogP contribution < -0.4 is 15.6 Å². The molecule has 0 aliphatic rings. The van der Waals surface area contributed by atoms with Gasteiger partial charge in [-0.25, -0.2) is 4.98 Å².